The van der Waals surface area contributed by atoms with Crippen molar-refractivity contribution in [2.75, 3.05) is 6.54 Å². The lowest BCUT2D eigenvalue weighted by Gasteiger charge is -2.33. The van der Waals surface area contributed by atoms with Gasteiger partial charge in [-0.25, -0.2) is 18.6 Å². The molecule has 1 N–H and O–H groups in total. The predicted molar refractivity (Wildman–Crippen MR) is 110 cm³/mol. The molecule has 0 aliphatic carbocycles. The fourth-order valence-electron chi connectivity index (χ4n) is 4.17. The Hall–Kier alpha value is -3.32. The molecule has 0 saturated heterocycles. The van der Waals surface area contributed by atoms with Crippen LogP contribution in [0.4, 0.5) is 8.78 Å². The molecule has 2 aromatic carbocycles. The van der Waals surface area contributed by atoms with E-state index in [4.69, 9.17) is 0 Å². The minimum absolute atomic E-state index is 0.00169. The first-order chi connectivity index (χ1) is 14.5. The molecule has 152 valence electrons. The highest BCUT2D eigenvalue weighted by molar-refractivity contribution is 5.65. The molecule has 4 aromatic rings. The van der Waals surface area contributed by atoms with Gasteiger partial charge >= 0.3 is 5.69 Å². The van der Waals surface area contributed by atoms with Crippen molar-refractivity contribution in [3.63, 3.8) is 0 Å². The van der Waals surface area contributed by atoms with E-state index in [2.05, 4.69) is 14.9 Å². The number of aromatic nitrogens is 3. The third-order valence-corrected chi connectivity index (χ3v) is 5.86. The van der Waals surface area contributed by atoms with E-state index in [0.29, 0.717) is 29.9 Å². The van der Waals surface area contributed by atoms with Crippen LogP contribution in [0.5, 0.6) is 0 Å². The molecule has 5 nitrogen and oxygen atoms in total. The van der Waals surface area contributed by atoms with Crippen LogP contribution in [0, 0.1) is 11.6 Å². The molecule has 1 atom stereocenters. The third-order valence-electron chi connectivity index (χ3n) is 5.86. The van der Waals surface area contributed by atoms with Crippen LogP contribution in [0.1, 0.15) is 29.8 Å². The molecular formula is C23H20F2N4O. The number of aromatic amines is 1. The Morgan fingerprint density at radius 2 is 1.97 bits per heavy atom. The van der Waals surface area contributed by atoms with Crippen LogP contribution in [0.2, 0.25) is 0 Å². The third kappa shape index (κ3) is 3.11. The molecule has 0 spiro atoms. The zero-order chi connectivity index (χ0) is 20.8. The summed E-state index contributed by atoms with van der Waals surface area (Å²) >= 11 is 0. The molecule has 0 fully saturated rings. The number of imidazole rings is 1. The number of hydrogen-bond acceptors (Lipinski definition) is 3. The number of fused-ring (bicyclic) bond motifs is 3. The predicted octanol–water partition coefficient (Wildman–Crippen LogP) is 4.09. The van der Waals surface area contributed by atoms with Crippen molar-refractivity contribution in [3.05, 3.63) is 93.7 Å². The molecule has 1 aliphatic rings. The van der Waals surface area contributed by atoms with Crippen LogP contribution < -0.4 is 5.69 Å². The standard InChI is InChI=1S/C23H20F2N4O/c1-14(15-5-4-6-16(24)11-15)28-10-9-20-18(12-28)22-26-21(13-29(22)23(30)27-20)17-7-2-3-8-19(17)25/h2-8,11,13-14H,9-10,12H2,1H3,(H,27,30). The Morgan fingerprint density at radius 1 is 1.13 bits per heavy atom. The van der Waals surface area contributed by atoms with E-state index < -0.39 is 0 Å². The van der Waals surface area contributed by atoms with E-state index >= 15 is 0 Å². The summed E-state index contributed by atoms with van der Waals surface area (Å²) in [6.45, 7) is 3.33. The maximum absolute atomic E-state index is 14.3. The van der Waals surface area contributed by atoms with E-state index in [0.717, 1.165) is 23.4 Å². The van der Waals surface area contributed by atoms with E-state index in [9.17, 15) is 13.6 Å². The second kappa shape index (κ2) is 7.18. The fourth-order valence-corrected chi connectivity index (χ4v) is 4.17. The van der Waals surface area contributed by atoms with Crippen molar-refractivity contribution in [1.82, 2.24) is 19.3 Å². The first kappa shape index (κ1) is 18.7. The highest BCUT2D eigenvalue weighted by Crippen LogP contribution is 2.30. The molecule has 1 unspecified atom stereocenters. The van der Waals surface area contributed by atoms with Crippen molar-refractivity contribution in [2.45, 2.75) is 25.9 Å². The van der Waals surface area contributed by atoms with Gasteiger partial charge in [-0.05, 0) is 36.8 Å². The summed E-state index contributed by atoms with van der Waals surface area (Å²) in [5, 5.41) is 0. The summed E-state index contributed by atoms with van der Waals surface area (Å²) in [4.78, 5) is 22.4. The van der Waals surface area contributed by atoms with Gasteiger partial charge in [0.15, 0.2) is 0 Å². The Kier molecular flexibility index (Phi) is 4.47. The molecular weight excluding hydrogens is 386 g/mol. The largest absolute Gasteiger partial charge is 0.331 e. The van der Waals surface area contributed by atoms with Gasteiger partial charge in [0.1, 0.15) is 17.3 Å². The van der Waals surface area contributed by atoms with Crippen LogP contribution in [0.3, 0.4) is 0 Å². The molecule has 2 aromatic heterocycles. The number of halogens is 2. The second-order valence-electron chi connectivity index (χ2n) is 7.64. The average Bonchev–Trinajstić information content (AvgIpc) is 3.20. The Morgan fingerprint density at radius 3 is 2.77 bits per heavy atom. The average molecular weight is 406 g/mol. The Balaban J connectivity index is 1.57. The van der Waals surface area contributed by atoms with Crippen LogP contribution in [0.25, 0.3) is 16.9 Å². The normalized spacial score (nSPS) is 15.3. The van der Waals surface area contributed by atoms with Crippen LogP contribution in [-0.4, -0.2) is 25.8 Å². The molecule has 1 aliphatic heterocycles. The van der Waals surface area contributed by atoms with Gasteiger partial charge < -0.3 is 4.98 Å². The maximum Gasteiger partial charge on any atom is 0.331 e. The summed E-state index contributed by atoms with van der Waals surface area (Å²) in [5.41, 5.74) is 3.67. The summed E-state index contributed by atoms with van der Waals surface area (Å²) < 4.78 is 29.4. The van der Waals surface area contributed by atoms with Gasteiger partial charge in [0.2, 0.25) is 0 Å². The van der Waals surface area contributed by atoms with E-state index in [1.807, 2.05) is 13.0 Å². The molecule has 0 radical (unpaired) electrons. The highest BCUT2D eigenvalue weighted by atomic mass is 19.1. The lowest BCUT2D eigenvalue weighted by Crippen LogP contribution is -2.35. The van der Waals surface area contributed by atoms with Crippen molar-refractivity contribution >= 4 is 5.65 Å². The van der Waals surface area contributed by atoms with Crippen molar-refractivity contribution in [2.24, 2.45) is 0 Å². The van der Waals surface area contributed by atoms with Gasteiger partial charge in [-0.1, -0.05) is 24.3 Å². The minimum Gasteiger partial charge on any atom is -0.310 e. The van der Waals surface area contributed by atoms with Gasteiger partial charge in [0.05, 0.1) is 5.69 Å². The molecule has 5 rings (SSSR count). The molecule has 0 saturated carbocycles. The zero-order valence-corrected chi connectivity index (χ0v) is 16.4. The maximum atomic E-state index is 14.3. The van der Waals surface area contributed by atoms with E-state index in [1.165, 1.54) is 16.5 Å². The summed E-state index contributed by atoms with van der Waals surface area (Å²) in [5.74, 6) is -0.640. The summed E-state index contributed by atoms with van der Waals surface area (Å²) in [7, 11) is 0. The van der Waals surface area contributed by atoms with Gasteiger partial charge in [-0.15, -0.1) is 0 Å². The number of rotatable bonds is 3. The quantitative estimate of drug-likeness (QED) is 0.558. The molecule has 0 amide bonds. The summed E-state index contributed by atoms with van der Waals surface area (Å²) in [6.07, 6.45) is 2.23. The topological polar surface area (TPSA) is 53.4 Å². The molecule has 0 bridgehead atoms. The van der Waals surface area contributed by atoms with Crippen LogP contribution in [-0.2, 0) is 13.0 Å². The molecule has 30 heavy (non-hydrogen) atoms. The lowest BCUT2D eigenvalue weighted by atomic mass is 10.0. The number of H-pyrrole nitrogens is 1. The monoisotopic (exact) mass is 406 g/mol. The Labute approximate surface area is 171 Å². The van der Waals surface area contributed by atoms with E-state index in [1.54, 1.807) is 36.5 Å². The first-order valence-electron chi connectivity index (χ1n) is 9.89. The summed E-state index contributed by atoms with van der Waals surface area (Å²) in [6, 6.07) is 13.0. The highest BCUT2D eigenvalue weighted by Gasteiger charge is 2.26. The number of benzene rings is 2. The second-order valence-corrected chi connectivity index (χ2v) is 7.64. The van der Waals surface area contributed by atoms with Gasteiger partial charge in [0.25, 0.3) is 0 Å². The Bertz CT molecular complexity index is 1310. The SMILES string of the molecule is CC(c1cccc(F)c1)N1CCc2[nH]c(=O)n3cc(-c4ccccc4F)nc3c2C1. The fraction of sp³-hybridized carbons (Fsp3) is 0.217. The lowest BCUT2D eigenvalue weighted by molar-refractivity contribution is 0.190. The van der Waals surface area contributed by atoms with Crippen LogP contribution >= 0.6 is 0 Å². The van der Waals surface area contributed by atoms with Crippen molar-refractivity contribution < 1.29 is 8.78 Å². The van der Waals surface area contributed by atoms with Gasteiger partial charge in [-0.3, -0.25) is 9.30 Å². The molecule has 3 heterocycles. The van der Waals surface area contributed by atoms with Crippen molar-refractivity contribution in [1.29, 1.82) is 0 Å². The number of nitrogens with one attached hydrogen (secondary N) is 1. The zero-order valence-electron chi connectivity index (χ0n) is 16.4. The number of hydrogen-bond donors (Lipinski definition) is 1. The van der Waals surface area contributed by atoms with Crippen LogP contribution in [0.15, 0.2) is 59.5 Å². The van der Waals surface area contributed by atoms with Gasteiger partial charge in [0, 0.05) is 48.6 Å². The molecule has 7 heteroatoms. The smallest absolute Gasteiger partial charge is 0.310 e. The first-order valence-corrected chi connectivity index (χ1v) is 9.89. The number of nitrogens with zero attached hydrogens (tertiary/aromatic N) is 3. The van der Waals surface area contributed by atoms with E-state index in [-0.39, 0.29) is 23.4 Å². The van der Waals surface area contributed by atoms with Crippen molar-refractivity contribution in [3.8, 4) is 11.3 Å². The minimum atomic E-state index is -0.382. The van der Waals surface area contributed by atoms with Gasteiger partial charge in [-0.2, -0.15) is 0 Å².